The van der Waals surface area contributed by atoms with Gasteiger partial charge in [-0.25, -0.2) is 9.78 Å². The SMILES string of the molecule is O=C(O)c1cn(-c2ccccc2)c(-c2ccc(Cl)cc2)n1. The van der Waals surface area contributed by atoms with Gasteiger partial charge < -0.3 is 5.11 Å². The minimum Gasteiger partial charge on any atom is -0.476 e. The molecule has 21 heavy (non-hydrogen) atoms. The molecule has 0 amide bonds. The molecule has 0 aliphatic heterocycles. The maximum absolute atomic E-state index is 11.2. The summed E-state index contributed by atoms with van der Waals surface area (Å²) in [7, 11) is 0. The molecule has 0 radical (unpaired) electrons. The van der Waals surface area contributed by atoms with Crippen molar-refractivity contribution in [2.75, 3.05) is 0 Å². The molecule has 2 aromatic carbocycles. The van der Waals surface area contributed by atoms with E-state index >= 15 is 0 Å². The number of hydrogen-bond donors (Lipinski definition) is 1. The number of imidazole rings is 1. The second-order valence-electron chi connectivity index (χ2n) is 4.47. The van der Waals surface area contributed by atoms with E-state index < -0.39 is 5.97 Å². The zero-order valence-corrected chi connectivity index (χ0v) is 11.7. The third kappa shape index (κ3) is 2.66. The molecule has 1 heterocycles. The molecule has 0 fully saturated rings. The van der Waals surface area contributed by atoms with Gasteiger partial charge in [-0.3, -0.25) is 4.57 Å². The van der Waals surface area contributed by atoms with Crippen LogP contribution in [0.2, 0.25) is 5.02 Å². The second-order valence-corrected chi connectivity index (χ2v) is 4.90. The van der Waals surface area contributed by atoms with Gasteiger partial charge in [0, 0.05) is 22.5 Å². The van der Waals surface area contributed by atoms with Crippen molar-refractivity contribution >= 4 is 17.6 Å². The predicted molar refractivity (Wildman–Crippen MR) is 81.0 cm³/mol. The van der Waals surface area contributed by atoms with Crippen molar-refractivity contribution in [2.45, 2.75) is 0 Å². The number of rotatable bonds is 3. The third-order valence-electron chi connectivity index (χ3n) is 3.06. The van der Waals surface area contributed by atoms with Gasteiger partial charge in [0.1, 0.15) is 5.82 Å². The number of carboxylic acid groups (broad SMARTS) is 1. The van der Waals surface area contributed by atoms with Crippen LogP contribution in [-0.4, -0.2) is 20.6 Å². The Balaban J connectivity index is 2.19. The van der Waals surface area contributed by atoms with Crippen LogP contribution in [0.4, 0.5) is 0 Å². The Kier molecular flexibility index (Phi) is 3.46. The van der Waals surface area contributed by atoms with Crippen LogP contribution in [0.5, 0.6) is 0 Å². The van der Waals surface area contributed by atoms with Crippen LogP contribution in [0.3, 0.4) is 0 Å². The van der Waals surface area contributed by atoms with Crippen molar-refractivity contribution in [1.29, 1.82) is 0 Å². The topological polar surface area (TPSA) is 55.1 Å². The average Bonchev–Trinajstić information content (AvgIpc) is 2.94. The van der Waals surface area contributed by atoms with E-state index in [0.29, 0.717) is 10.8 Å². The first kappa shape index (κ1) is 13.4. The summed E-state index contributed by atoms with van der Waals surface area (Å²) in [5.41, 5.74) is 1.65. The summed E-state index contributed by atoms with van der Waals surface area (Å²) in [4.78, 5) is 15.4. The molecule has 3 rings (SSSR count). The minimum atomic E-state index is -1.06. The fourth-order valence-corrected chi connectivity index (χ4v) is 2.20. The van der Waals surface area contributed by atoms with Crippen molar-refractivity contribution in [3.63, 3.8) is 0 Å². The summed E-state index contributed by atoms with van der Waals surface area (Å²) in [6.45, 7) is 0. The number of nitrogens with zero attached hydrogens (tertiary/aromatic N) is 2. The lowest BCUT2D eigenvalue weighted by molar-refractivity contribution is 0.0691. The average molecular weight is 299 g/mol. The molecule has 5 heteroatoms. The van der Waals surface area contributed by atoms with E-state index in [0.717, 1.165) is 11.3 Å². The second kappa shape index (κ2) is 5.42. The lowest BCUT2D eigenvalue weighted by Crippen LogP contribution is -1.95. The highest BCUT2D eigenvalue weighted by molar-refractivity contribution is 6.30. The van der Waals surface area contributed by atoms with Crippen molar-refractivity contribution in [1.82, 2.24) is 9.55 Å². The van der Waals surface area contributed by atoms with Gasteiger partial charge in [-0.05, 0) is 36.4 Å². The Morgan fingerprint density at radius 3 is 2.33 bits per heavy atom. The van der Waals surface area contributed by atoms with E-state index in [2.05, 4.69) is 4.98 Å². The maximum atomic E-state index is 11.2. The van der Waals surface area contributed by atoms with Gasteiger partial charge in [0.05, 0.1) is 0 Å². The first-order valence-electron chi connectivity index (χ1n) is 6.29. The number of carboxylic acids is 1. The summed E-state index contributed by atoms with van der Waals surface area (Å²) in [5, 5.41) is 9.78. The smallest absolute Gasteiger partial charge is 0.356 e. The molecule has 1 N–H and O–H groups in total. The van der Waals surface area contributed by atoms with Crippen LogP contribution in [0.15, 0.2) is 60.8 Å². The summed E-state index contributed by atoms with van der Waals surface area (Å²) in [6, 6.07) is 16.6. The first-order valence-corrected chi connectivity index (χ1v) is 6.67. The highest BCUT2D eigenvalue weighted by Crippen LogP contribution is 2.24. The summed E-state index contributed by atoms with van der Waals surface area (Å²) in [5.74, 6) is -0.491. The number of para-hydroxylation sites is 1. The van der Waals surface area contributed by atoms with Gasteiger partial charge >= 0.3 is 5.97 Å². The standard InChI is InChI=1S/C16H11ClN2O2/c17-12-8-6-11(7-9-12)15-18-14(16(20)21)10-19(15)13-4-2-1-3-5-13/h1-10H,(H,20,21). The number of aromatic carboxylic acids is 1. The number of benzene rings is 2. The minimum absolute atomic E-state index is 0.00352. The van der Waals surface area contributed by atoms with E-state index in [1.165, 1.54) is 6.20 Å². The molecular weight excluding hydrogens is 288 g/mol. The Morgan fingerprint density at radius 2 is 1.71 bits per heavy atom. The molecule has 0 saturated heterocycles. The van der Waals surface area contributed by atoms with Crippen LogP contribution < -0.4 is 0 Å². The van der Waals surface area contributed by atoms with Crippen LogP contribution in [0.25, 0.3) is 17.1 Å². The molecule has 0 spiro atoms. The monoisotopic (exact) mass is 298 g/mol. The molecule has 104 valence electrons. The molecule has 0 saturated carbocycles. The van der Waals surface area contributed by atoms with Crippen LogP contribution in [0.1, 0.15) is 10.5 Å². The largest absolute Gasteiger partial charge is 0.476 e. The molecular formula is C16H11ClN2O2. The Morgan fingerprint density at radius 1 is 1.05 bits per heavy atom. The predicted octanol–water partition coefficient (Wildman–Crippen LogP) is 3.89. The first-order chi connectivity index (χ1) is 10.1. The fourth-order valence-electron chi connectivity index (χ4n) is 2.07. The quantitative estimate of drug-likeness (QED) is 0.798. The number of aromatic nitrogens is 2. The normalized spacial score (nSPS) is 10.5. The van der Waals surface area contributed by atoms with Crippen molar-refractivity contribution in [2.24, 2.45) is 0 Å². The highest BCUT2D eigenvalue weighted by Gasteiger charge is 2.15. The molecule has 1 aromatic heterocycles. The molecule has 0 unspecified atom stereocenters. The van der Waals surface area contributed by atoms with Gasteiger partial charge in [-0.1, -0.05) is 29.8 Å². The number of halogens is 1. The fraction of sp³-hybridized carbons (Fsp3) is 0. The van der Waals surface area contributed by atoms with E-state index in [-0.39, 0.29) is 5.69 Å². The van der Waals surface area contributed by atoms with Crippen molar-refractivity contribution < 1.29 is 9.90 Å². The Bertz CT molecular complexity index is 780. The van der Waals surface area contributed by atoms with E-state index in [1.807, 2.05) is 42.5 Å². The van der Waals surface area contributed by atoms with Crippen LogP contribution >= 0.6 is 11.6 Å². The van der Waals surface area contributed by atoms with Gasteiger partial charge in [0.25, 0.3) is 0 Å². The van der Waals surface area contributed by atoms with Crippen molar-refractivity contribution in [3.05, 3.63) is 71.5 Å². The maximum Gasteiger partial charge on any atom is 0.356 e. The molecule has 4 nitrogen and oxygen atoms in total. The van der Waals surface area contributed by atoms with Gasteiger partial charge in [0.2, 0.25) is 0 Å². The zero-order chi connectivity index (χ0) is 14.8. The number of carbonyl (C=O) groups is 1. The van der Waals surface area contributed by atoms with Crippen LogP contribution in [0, 0.1) is 0 Å². The van der Waals surface area contributed by atoms with Crippen molar-refractivity contribution in [3.8, 4) is 17.1 Å². The highest BCUT2D eigenvalue weighted by atomic mass is 35.5. The van der Waals surface area contributed by atoms with Gasteiger partial charge in [-0.2, -0.15) is 0 Å². The van der Waals surface area contributed by atoms with E-state index in [1.54, 1.807) is 16.7 Å². The van der Waals surface area contributed by atoms with Gasteiger partial charge in [0.15, 0.2) is 5.69 Å². The molecule has 0 aliphatic rings. The molecule has 0 aliphatic carbocycles. The van der Waals surface area contributed by atoms with Gasteiger partial charge in [-0.15, -0.1) is 0 Å². The summed E-state index contributed by atoms with van der Waals surface area (Å²) < 4.78 is 1.76. The summed E-state index contributed by atoms with van der Waals surface area (Å²) >= 11 is 5.89. The molecule has 3 aromatic rings. The lowest BCUT2D eigenvalue weighted by Gasteiger charge is -2.07. The van der Waals surface area contributed by atoms with E-state index in [4.69, 9.17) is 16.7 Å². The zero-order valence-electron chi connectivity index (χ0n) is 10.9. The molecule has 0 bridgehead atoms. The third-order valence-corrected chi connectivity index (χ3v) is 3.31. The molecule has 0 atom stereocenters. The summed E-state index contributed by atoms with van der Waals surface area (Å²) in [6.07, 6.45) is 1.52. The van der Waals surface area contributed by atoms with Crippen LogP contribution in [-0.2, 0) is 0 Å². The number of hydrogen-bond acceptors (Lipinski definition) is 2. The Labute approximate surface area is 126 Å². The van der Waals surface area contributed by atoms with E-state index in [9.17, 15) is 4.79 Å². The lowest BCUT2D eigenvalue weighted by atomic mass is 10.2. The Hall–Kier alpha value is -2.59.